The number of ether oxygens (including phenoxy) is 1. The molecule has 16 aromatic rings. The fraction of sp³-hybridized carbons (Fsp3) is 0.233. The van der Waals surface area contributed by atoms with Crippen LogP contribution in [0.15, 0.2) is 232 Å². The summed E-state index contributed by atoms with van der Waals surface area (Å²) in [6.45, 7) is 13.6. The Balaban J connectivity index is 0.000000133. The van der Waals surface area contributed by atoms with E-state index in [0.717, 1.165) is 85.6 Å². The summed E-state index contributed by atoms with van der Waals surface area (Å²) in [6.07, 6.45) is -10.8. The summed E-state index contributed by atoms with van der Waals surface area (Å²) in [6, 6.07) is 48.7. The second-order valence-corrected chi connectivity index (χ2v) is 35.1. The molecule has 146 heavy (non-hydrogen) atoms. The maximum Gasteiger partial charge on any atom is 0.573 e. The van der Waals surface area contributed by atoms with Crippen molar-refractivity contribution in [1.82, 2.24) is 88.5 Å². The molecule has 10 aromatic heterocycles. The first kappa shape index (κ1) is 101. The molecule has 14 heterocycles. The van der Waals surface area contributed by atoms with Crippen LogP contribution in [-0.4, -0.2) is 124 Å². The molecule has 0 N–H and O–H groups in total. The third kappa shape index (κ3) is 21.8. The molecule has 0 fully saturated rings. The van der Waals surface area contributed by atoms with Crippen LogP contribution < -0.4 is 24.3 Å². The standard InChI is InChI=1S/2C26H23F3N6O.C26H20F3N5O2.C25H17F6N5O2/c1-15(2)23-20(5-4-10-30-23)24-31-13-18-12-22(36)34(25(18)32-24)14-17-6-8-19(9-7-17)35-16(3)11-21(33-35)26(27,28)29;1-15(2)23-20(5-4-10-30-23)24-31-13-18-12-22(36)34(25(18)32-24)14-17-6-8-19(9-7-17)35-21(26(27,28)29)11-16(3)33-35;1-15(35)19-5-3-4-6-20(19)23-30-12-18-11-22(36)34(25(18)32-23)13-16-7-9-17(10-8-16)24-31-21(14-33(24)2)26(27,28)29;1-35-13-19(24(26,27)28)33-22(35)15-8-6-14(7-9-15)12-36-20(37)10-16-11-32-21(34-23(16)36)17-4-2-3-5-18(17)38-25(29,30)31/h2*4-11,13,15H,12,14H2,1-3H3;3-10,12,14H,11,13H2,1-2H3;2-9,11,13H,10,12H2,1H3. The van der Waals surface area contributed by atoms with E-state index >= 15 is 0 Å². The van der Waals surface area contributed by atoms with E-state index in [0.29, 0.717) is 85.3 Å². The SMILES string of the molecule is CC(=O)c1ccccc1-c1ncc2c(n1)N(Cc1ccc(-c3nc(C(F)(F)F)cn3C)cc1)C(=O)C2.Cc1cc(C(F)(F)F)n(-c2ccc(CN3C(=O)Cc4cnc(-c5cccnc5C(C)C)nc43)cc2)n1.Cc1cc(C(F)(F)F)nn1-c1ccc(CN2C(=O)Cc3cnc(-c4cccnc4C(C)C)nc32)cc1.Cn1cc(C(F)(F)F)nc1-c1ccc(CN2C(=O)Cc3cnc(-c4ccccc4OC(F)(F)F)nc32)cc1. The second kappa shape index (κ2) is 40.1. The van der Waals surface area contributed by atoms with Gasteiger partial charge in [0.15, 0.2) is 46.2 Å². The number of halogens is 15. The maximum absolute atomic E-state index is 13.4. The second-order valence-electron chi connectivity index (χ2n) is 35.1. The fourth-order valence-electron chi connectivity index (χ4n) is 16.9. The predicted molar refractivity (Wildman–Crippen MR) is 504 cm³/mol. The number of rotatable bonds is 20. The summed E-state index contributed by atoms with van der Waals surface area (Å²) < 4.78 is 205. The number of Topliss-reactive ketones (excluding diaryl/α,β-unsaturated/α-hetero) is 1. The molecule has 4 aliphatic heterocycles. The zero-order valence-electron chi connectivity index (χ0n) is 78.7. The number of para-hydroxylation sites is 1. The molecule has 0 saturated heterocycles. The van der Waals surface area contributed by atoms with Gasteiger partial charge in [0.05, 0.1) is 85.9 Å². The monoisotopic (exact) mass is 2010 g/mol. The number of alkyl halides is 15. The van der Waals surface area contributed by atoms with Crippen molar-refractivity contribution in [2.45, 2.75) is 143 Å². The van der Waals surface area contributed by atoms with Gasteiger partial charge in [-0.3, -0.25) is 53.5 Å². The summed E-state index contributed by atoms with van der Waals surface area (Å²) in [7, 11) is 2.97. The van der Waals surface area contributed by atoms with Gasteiger partial charge in [0.1, 0.15) is 46.4 Å². The summed E-state index contributed by atoms with van der Waals surface area (Å²) in [5.41, 5.74) is 8.83. The van der Waals surface area contributed by atoms with Crippen molar-refractivity contribution in [2.24, 2.45) is 14.1 Å². The van der Waals surface area contributed by atoms with Crippen LogP contribution >= 0.6 is 0 Å². The number of anilines is 4. The Kier molecular flexibility index (Phi) is 27.6. The lowest BCUT2D eigenvalue weighted by atomic mass is 10.0. The molecule has 4 aliphatic rings. The van der Waals surface area contributed by atoms with E-state index in [1.807, 2.05) is 52.0 Å². The van der Waals surface area contributed by atoms with Crippen LogP contribution in [0.5, 0.6) is 5.75 Å². The van der Waals surface area contributed by atoms with E-state index in [1.54, 1.807) is 174 Å². The average molecular weight is 2010 g/mol. The number of nitrogens with zero attached hydrogens (tertiary/aromatic N) is 22. The van der Waals surface area contributed by atoms with Crippen LogP contribution in [-0.2, 0) is 110 Å². The van der Waals surface area contributed by atoms with Crippen LogP contribution in [0.1, 0.15) is 147 Å². The third-order valence-electron chi connectivity index (χ3n) is 23.9. The van der Waals surface area contributed by atoms with Crippen molar-refractivity contribution in [3.8, 4) is 85.5 Å². The topological polar surface area (TPSA) is 308 Å². The lowest BCUT2D eigenvalue weighted by molar-refractivity contribution is -0.274. The summed E-state index contributed by atoms with van der Waals surface area (Å²) in [4.78, 5) is 122. The fourth-order valence-corrected chi connectivity index (χ4v) is 16.9. The van der Waals surface area contributed by atoms with Gasteiger partial charge in [-0.25, -0.2) is 59.2 Å². The first-order valence-corrected chi connectivity index (χ1v) is 45.1. The first-order valence-electron chi connectivity index (χ1n) is 45.1. The van der Waals surface area contributed by atoms with Gasteiger partial charge >= 0.3 is 31.1 Å². The van der Waals surface area contributed by atoms with E-state index in [-0.39, 0.29) is 133 Å². The Labute approximate surface area is 821 Å². The largest absolute Gasteiger partial charge is 0.573 e. The lowest BCUT2D eigenvalue weighted by Gasteiger charge is -2.18. The Morgan fingerprint density at radius 1 is 0.377 bits per heavy atom. The van der Waals surface area contributed by atoms with Crippen molar-refractivity contribution < 1.29 is 94.6 Å². The third-order valence-corrected chi connectivity index (χ3v) is 23.9. The Morgan fingerprint density at radius 2 is 0.719 bits per heavy atom. The average Bonchev–Trinajstić information content (AvgIpc) is 1.62. The predicted octanol–water partition coefficient (Wildman–Crippen LogP) is 20.9. The summed E-state index contributed by atoms with van der Waals surface area (Å²) in [5, 5.41) is 7.68. The first-order chi connectivity index (χ1) is 69.2. The highest BCUT2D eigenvalue weighted by Gasteiger charge is 2.42. The number of amides is 4. The molecule has 4 amide bonds. The summed E-state index contributed by atoms with van der Waals surface area (Å²) in [5.74, 6) is 2.60. The lowest BCUT2D eigenvalue weighted by Crippen LogP contribution is -2.26. The molecule has 28 nitrogen and oxygen atoms in total. The van der Waals surface area contributed by atoms with Crippen molar-refractivity contribution in [3.05, 3.63) is 327 Å². The Morgan fingerprint density at radius 3 is 1.07 bits per heavy atom. The van der Waals surface area contributed by atoms with E-state index in [2.05, 4.69) is 64.8 Å². The molecule has 0 unspecified atom stereocenters. The number of ketones is 1. The minimum absolute atomic E-state index is 0.00423. The van der Waals surface area contributed by atoms with Crippen molar-refractivity contribution in [1.29, 1.82) is 0 Å². The highest BCUT2D eigenvalue weighted by molar-refractivity contribution is 6.04. The van der Waals surface area contributed by atoms with Gasteiger partial charge in [0.25, 0.3) is 0 Å². The van der Waals surface area contributed by atoms with E-state index < -0.39 is 59.6 Å². The van der Waals surface area contributed by atoms with Crippen LogP contribution in [0.25, 0.3) is 79.7 Å². The van der Waals surface area contributed by atoms with Gasteiger partial charge in [-0.2, -0.15) is 62.9 Å². The number of aryl methyl sites for hydroxylation is 4. The van der Waals surface area contributed by atoms with E-state index in [1.165, 1.54) is 71.1 Å². The number of hydrogen-bond acceptors (Lipinski definition) is 20. The Bertz CT molecular complexity index is 7690. The van der Waals surface area contributed by atoms with Crippen LogP contribution in [0, 0.1) is 13.8 Å². The molecule has 0 bridgehead atoms. The van der Waals surface area contributed by atoms with Gasteiger partial charge in [0, 0.05) is 125 Å². The molecule has 0 saturated carbocycles. The number of aromatic nitrogens is 18. The van der Waals surface area contributed by atoms with Gasteiger partial charge in [-0.15, -0.1) is 13.2 Å². The number of benzene rings is 6. The zero-order valence-corrected chi connectivity index (χ0v) is 78.7. The van der Waals surface area contributed by atoms with E-state index in [9.17, 15) is 89.8 Å². The quantitative estimate of drug-likeness (QED) is 0.0505. The number of pyridine rings is 2. The number of hydrogen-bond donors (Lipinski definition) is 0. The molecule has 6 aromatic carbocycles. The molecule has 0 atom stereocenters. The van der Waals surface area contributed by atoms with Gasteiger partial charge < -0.3 is 13.9 Å². The van der Waals surface area contributed by atoms with Crippen molar-refractivity contribution >= 4 is 52.7 Å². The number of carbonyl (C=O) groups excluding carboxylic acids is 5. The number of fused-ring (bicyclic) bond motifs is 4. The smallest absolute Gasteiger partial charge is 0.405 e. The van der Waals surface area contributed by atoms with Gasteiger partial charge in [-0.1, -0.05) is 137 Å². The maximum atomic E-state index is 13.4. The highest BCUT2D eigenvalue weighted by Crippen LogP contribution is 2.43. The molecule has 0 aliphatic carbocycles. The molecule has 20 rings (SSSR count). The molecule has 0 radical (unpaired) electrons. The normalized spacial score (nSPS) is 13.5. The zero-order chi connectivity index (χ0) is 104. The van der Waals surface area contributed by atoms with Crippen LogP contribution in [0.3, 0.4) is 0 Å². The summed E-state index contributed by atoms with van der Waals surface area (Å²) >= 11 is 0. The minimum Gasteiger partial charge on any atom is -0.405 e. The number of carbonyl (C=O) groups is 5. The molecule has 43 heteroatoms. The van der Waals surface area contributed by atoms with E-state index in [4.69, 9.17) is 9.97 Å². The molecule has 746 valence electrons. The van der Waals surface area contributed by atoms with Crippen LogP contribution in [0.4, 0.5) is 89.1 Å². The van der Waals surface area contributed by atoms with Crippen LogP contribution in [0.2, 0.25) is 0 Å². The highest BCUT2D eigenvalue weighted by atomic mass is 19.4. The van der Waals surface area contributed by atoms with Gasteiger partial charge in [-0.05, 0) is 128 Å². The Hall–Kier alpha value is -16.9. The van der Waals surface area contributed by atoms with Crippen molar-refractivity contribution in [2.75, 3.05) is 19.6 Å². The number of imidazole rings is 2. The molecule has 0 spiro atoms. The molecular weight excluding hydrogens is 1930 g/mol. The minimum atomic E-state index is -4.91. The van der Waals surface area contributed by atoms with Gasteiger partial charge in [0.2, 0.25) is 23.6 Å². The molecular formula is C103H83F15N22O6. The van der Waals surface area contributed by atoms with Crippen molar-refractivity contribution in [3.63, 3.8) is 0 Å².